The fourth-order valence-corrected chi connectivity index (χ4v) is 1.99. The molecule has 0 saturated heterocycles. The minimum atomic E-state index is -0.753. The van der Waals surface area contributed by atoms with Crippen molar-refractivity contribution in [2.75, 3.05) is 20.3 Å². The maximum absolute atomic E-state index is 12.4. The van der Waals surface area contributed by atoms with Crippen molar-refractivity contribution in [1.82, 2.24) is 4.90 Å². The second kappa shape index (κ2) is 5.83. The first-order valence-corrected chi connectivity index (χ1v) is 6.53. The summed E-state index contributed by atoms with van der Waals surface area (Å²) in [6.07, 6.45) is 3.11. The van der Waals surface area contributed by atoms with E-state index in [0.29, 0.717) is 25.5 Å². The topological polar surface area (TPSA) is 55.6 Å². The van der Waals surface area contributed by atoms with Crippen LogP contribution in [0.4, 0.5) is 0 Å². The van der Waals surface area contributed by atoms with Crippen LogP contribution in [0.2, 0.25) is 0 Å². The molecule has 4 nitrogen and oxygen atoms in total. The van der Waals surface area contributed by atoms with E-state index in [4.69, 9.17) is 10.5 Å². The summed E-state index contributed by atoms with van der Waals surface area (Å²) < 4.78 is 5.08. The van der Waals surface area contributed by atoms with E-state index in [1.165, 1.54) is 12.8 Å². The quantitative estimate of drug-likeness (QED) is 0.734. The molecule has 1 aliphatic carbocycles. The molecule has 0 aromatic heterocycles. The average Bonchev–Trinajstić information content (AvgIpc) is 3.12. The van der Waals surface area contributed by atoms with Crippen LogP contribution in [0, 0.1) is 5.92 Å². The number of carbonyl (C=O) groups is 1. The number of methoxy groups -OCH3 is 1. The standard InChI is InChI=1S/C13H26N2O2/c1-5-13(3,14)12(16)15(8-9-17-4)10(2)11-6-7-11/h10-11H,5-9,14H2,1-4H3. The number of amides is 1. The number of nitrogens with two attached hydrogens (primary N) is 1. The third-order valence-electron chi connectivity index (χ3n) is 3.82. The van der Waals surface area contributed by atoms with Gasteiger partial charge in [0.1, 0.15) is 0 Å². The lowest BCUT2D eigenvalue weighted by Gasteiger charge is -2.35. The number of ether oxygens (including phenoxy) is 1. The highest BCUT2D eigenvalue weighted by Gasteiger charge is 2.38. The Morgan fingerprint density at radius 3 is 2.59 bits per heavy atom. The lowest BCUT2D eigenvalue weighted by atomic mass is 9.97. The highest BCUT2D eigenvalue weighted by molar-refractivity contribution is 5.86. The molecule has 0 radical (unpaired) electrons. The van der Waals surface area contributed by atoms with Gasteiger partial charge in [0.2, 0.25) is 5.91 Å². The summed E-state index contributed by atoms with van der Waals surface area (Å²) in [5.74, 6) is 0.708. The molecule has 1 amide bonds. The first-order chi connectivity index (χ1) is 7.94. The van der Waals surface area contributed by atoms with Crippen molar-refractivity contribution in [1.29, 1.82) is 0 Å². The molecule has 0 aromatic rings. The largest absolute Gasteiger partial charge is 0.383 e. The lowest BCUT2D eigenvalue weighted by Crippen LogP contribution is -2.56. The molecule has 17 heavy (non-hydrogen) atoms. The third-order valence-corrected chi connectivity index (χ3v) is 3.82. The molecule has 2 unspecified atom stereocenters. The Bertz CT molecular complexity index is 262. The zero-order chi connectivity index (χ0) is 13.1. The molecule has 1 fully saturated rings. The molecular formula is C13H26N2O2. The van der Waals surface area contributed by atoms with Gasteiger partial charge in [-0.2, -0.15) is 0 Å². The van der Waals surface area contributed by atoms with Crippen molar-refractivity contribution in [3.63, 3.8) is 0 Å². The Hall–Kier alpha value is -0.610. The van der Waals surface area contributed by atoms with Crippen molar-refractivity contribution >= 4 is 5.91 Å². The Morgan fingerprint density at radius 1 is 1.59 bits per heavy atom. The van der Waals surface area contributed by atoms with Crippen LogP contribution in [-0.2, 0) is 9.53 Å². The molecule has 1 rings (SSSR count). The Balaban J connectivity index is 2.70. The summed E-state index contributed by atoms with van der Waals surface area (Å²) in [5.41, 5.74) is 5.31. The highest BCUT2D eigenvalue weighted by Crippen LogP contribution is 2.35. The summed E-state index contributed by atoms with van der Waals surface area (Å²) in [6.45, 7) is 7.10. The number of carbonyl (C=O) groups excluding carboxylic acids is 1. The van der Waals surface area contributed by atoms with Crippen LogP contribution in [-0.4, -0.2) is 42.6 Å². The molecular weight excluding hydrogens is 216 g/mol. The van der Waals surface area contributed by atoms with E-state index in [1.54, 1.807) is 7.11 Å². The first kappa shape index (κ1) is 14.5. The van der Waals surface area contributed by atoms with E-state index in [9.17, 15) is 4.79 Å². The maximum Gasteiger partial charge on any atom is 0.242 e. The lowest BCUT2D eigenvalue weighted by molar-refractivity contribution is -0.139. The number of hydrogen-bond acceptors (Lipinski definition) is 3. The smallest absolute Gasteiger partial charge is 0.242 e. The minimum absolute atomic E-state index is 0.0523. The predicted octanol–water partition coefficient (Wildman–Crippen LogP) is 1.39. The van der Waals surface area contributed by atoms with Crippen LogP contribution in [0.3, 0.4) is 0 Å². The molecule has 1 saturated carbocycles. The van der Waals surface area contributed by atoms with Gasteiger partial charge in [0.15, 0.2) is 0 Å². The molecule has 0 heterocycles. The van der Waals surface area contributed by atoms with Gasteiger partial charge in [-0.15, -0.1) is 0 Å². The van der Waals surface area contributed by atoms with Gasteiger partial charge >= 0.3 is 0 Å². The van der Waals surface area contributed by atoms with E-state index < -0.39 is 5.54 Å². The highest BCUT2D eigenvalue weighted by atomic mass is 16.5. The average molecular weight is 242 g/mol. The fraction of sp³-hybridized carbons (Fsp3) is 0.923. The van der Waals surface area contributed by atoms with Crippen molar-refractivity contribution in [3.8, 4) is 0 Å². The SMILES string of the molecule is CCC(C)(N)C(=O)N(CCOC)C(C)C1CC1. The number of nitrogens with zero attached hydrogens (tertiary/aromatic N) is 1. The summed E-state index contributed by atoms with van der Waals surface area (Å²) in [4.78, 5) is 14.3. The second-order valence-corrected chi connectivity index (χ2v) is 5.34. The van der Waals surface area contributed by atoms with Crippen LogP contribution in [0.15, 0.2) is 0 Å². The van der Waals surface area contributed by atoms with E-state index in [2.05, 4.69) is 6.92 Å². The van der Waals surface area contributed by atoms with Gasteiger partial charge < -0.3 is 15.4 Å². The zero-order valence-corrected chi connectivity index (χ0v) is 11.5. The maximum atomic E-state index is 12.4. The molecule has 0 spiro atoms. The van der Waals surface area contributed by atoms with Crippen molar-refractivity contribution in [2.45, 2.75) is 51.6 Å². The van der Waals surface area contributed by atoms with Crippen LogP contribution in [0.25, 0.3) is 0 Å². The van der Waals surface area contributed by atoms with Crippen LogP contribution in [0.5, 0.6) is 0 Å². The summed E-state index contributed by atoms with van der Waals surface area (Å²) in [7, 11) is 1.66. The summed E-state index contributed by atoms with van der Waals surface area (Å²) >= 11 is 0. The van der Waals surface area contributed by atoms with E-state index in [-0.39, 0.29) is 11.9 Å². The zero-order valence-electron chi connectivity index (χ0n) is 11.5. The van der Waals surface area contributed by atoms with Gasteiger partial charge in [0, 0.05) is 19.7 Å². The summed E-state index contributed by atoms with van der Waals surface area (Å²) in [5, 5.41) is 0. The van der Waals surface area contributed by atoms with E-state index >= 15 is 0 Å². The minimum Gasteiger partial charge on any atom is -0.383 e. The molecule has 100 valence electrons. The van der Waals surface area contributed by atoms with Crippen LogP contribution < -0.4 is 5.73 Å². The molecule has 2 N–H and O–H groups in total. The Kier molecular flexibility index (Phi) is 4.95. The van der Waals surface area contributed by atoms with Gasteiger partial charge in [-0.1, -0.05) is 6.92 Å². The molecule has 0 aliphatic heterocycles. The van der Waals surface area contributed by atoms with Crippen molar-refractivity contribution < 1.29 is 9.53 Å². The van der Waals surface area contributed by atoms with Gasteiger partial charge in [0.25, 0.3) is 0 Å². The van der Waals surface area contributed by atoms with Gasteiger partial charge in [-0.3, -0.25) is 4.79 Å². The molecule has 0 bridgehead atoms. The van der Waals surface area contributed by atoms with E-state index in [0.717, 1.165) is 0 Å². The normalized spacial score (nSPS) is 20.8. The Labute approximate surface area is 104 Å². The Morgan fingerprint density at radius 2 is 2.18 bits per heavy atom. The molecule has 2 atom stereocenters. The molecule has 0 aromatic carbocycles. The fourth-order valence-electron chi connectivity index (χ4n) is 1.99. The van der Waals surface area contributed by atoms with Crippen LogP contribution >= 0.6 is 0 Å². The predicted molar refractivity (Wildman–Crippen MR) is 68.7 cm³/mol. The van der Waals surface area contributed by atoms with E-state index in [1.807, 2.05) is 18.7 Å². The molecule has 4 heteroatoms. The van der Waals surface area contributed by atoms with Crippen molar-refractivity contribution in [3.05, 3.63) is 0 Å². The third kappa shape index (κ3) is 3.68. The number of rotatable bonds is 7. The van der Waals surface area contributed by atoms with Gasteiger partial charge in [-0.25, -0.2) is 0 Å². The first-order valence-electron chi connectivity index (χ1n) is 6.53. The molecule has 1 aliphatic rings. The summed E-state index contributed by atoms with van der Waals surface area (Å²) in [6, 6.07) is 0.284. The monoisotopic (exact) mass is 242 g/mol. The number of hydrogen-bond donors (Lipinski definition) is 1. The van der Waals surface area contributed by atoms with Gasteiger partial charge in [-0.05, 0) is 39.0 Å². The van der Waals surface area contributed by atoms with Crippen molar-refractivity contribution in [2.24, 2.45) is 11.7 Å². The second-order valence-electron chi connectivity index (χ2n) is 5.34. The van der Waals surface area contributed by atoms with Gasteiger partial charge in [0.05, 0.1) is 12.1 Å². The van der Waals surface area contributed by atoms with Crippen LogP contribution in [0.1, 0.15) is 40.0 Å².